The summed E-state index contributed by atoms with van der Waals surface area (Å²) in [4.78, 5) is 16.4. The Morgan fingerprint density at radius 3 is 2.95 bits per heavy atom. The molecule has 0 amide bonds. The van der Waals surface area contributed by atoms with E-state index < -0.39 is 12.1 Å². The molecule has 1 aliphatic rings. The Hall–Kier alpha value is -2.24. The molecule has 1 heterocycles. The van der Waals surface area contributed by atoms with Gasteiger partial charge in [-0.25, -0.2) is 4.79 Å². The molecule has 1 aromatic carbocycles. The number of esters is 1. The Kier molecular flexibility index (Phi) is 4.45. The highest BCUT2D eigenvalue weighted by Crippen LogP contribution is 2.33. The average Bonchev–Trinajstić information content (AvgIpc) is 2.46. The minimum atomic E-state index is -0.739. The third-order valence-electron chi connectivity index (χ3n) is 2.80. The lowest BCUT2D eigenvalue weighted by Crippen LogP contribution is -2.37. The van der Waals surface area contributed by atoms with Crippen LogP contribution < -0.4 is 9.47 Å². The van der Waals surface area contributed by atoms with Gasteiger partial charge in [-0.3, -0.25) is 0 Å². The number of rotatable bonds is 4. The van der Waals surface area contributed by atoms with Crippen molar-refractivity contribution in [3.63, 3.8) is 0 Å². The van der Waals surface area contributed by atoms with Gasteiger partial charge in [-0.2, -0.15) is 0 Å². The third-order valence-corrected chi connectivity index (χ3v) is 2.80. The molecule has 0 saturated heterocycles. The fourth-order valence-corrected chi connectivity index (χ4v) is 1.84. The van der Waals surface area contributed by atoms with Crippen LogP contribution in [-0.2, 0) is 14.4 Å². The van der Waals surface area contributed by atoms with Crippen LogP contribution in [0.15, 0.2) is 23.4 Å². The fraction of sp³-hybridized carbons (Fsp3) is 0.429. The van der Waals surface area contributed by atoms with Gasteiger partial charge in [-0.05, 0) is 32.0 Å². The number of benzene rings is 1. The number of carbonyl (C=O) groups is 1. The van der Waals surface area contributed by atoms with Gasteiger partial charge in [-0.15, -0.1) is 0 Å². The fourth-order valence-electron chi connectivity index (χ4n) is 1.84. The van der Waals surface area contributed by atoms with E-state index in [9.17, 15) is 4.79 Å². The van der Waals surface area contributed by atoms with Crippen molar-refractivity contribution in [1.82, 2.24) is 0 Å². The van der Waals surface area contributed by atoms with E-state index in [0.717, 1.165) is 5.56 Å². The maximum absolute atomic E-state index is 11.7. The number of hydrogen-bond acceptors (Lipinski definition) is 6. The summed E-state index contributed by atoms with van der Waals surface area (Å²) in [5.41, 5.74) is 1.54. The quantitative estimate of drug-likeness (QED) is 0.477. The van der Waals surface area contributed by atoms with E-state index in [0.29, 0.717) is 23.8 Å². The van der Waals surface area contributed by atoms with Crippen LogP contribution in [0.2, 0.25) is 0 Å². The van der Waals surface area contributed by atoms with E-state index in [1.807, 2.05) is 13.0 Å². The Morgan fingerprint density at radius 1 is 1.45 bits per heavy atom. The minimum absolute atomic E-state index is 0.149. The summed E-state index contributed by atoms with van der Waals surface area (Å²) < 4.78 is 16.0. The van der Waals surface area contributed by atoms with Crippen LogP contribution >= 0.6 is 0 Å². The number of ether oxygens (including phenoxy) is 3. The van der Waals surface area contributed by atoms with Gasteiger partial charge in [0.05, 0.1) is 12.3 Å². The molecule has 6 nitrogen and oxygen atoms in total. The van der Waals surface area contributed by atoms with E-state index in [1.54, 1.807) is 19.1 Å². The first-order valence-electron chi connectivity index (χ1n) is 6.34. The van der Waals surface area contributed by atoms with Gasteiger partial charge in [0.15, 0.2) is 11.5 Å². The summed E-state index contributed by atoms with van der Waals surface area (Å²) >= 11 is 0. The summed E-state index contributed by atoms with van der Waals surface area (Å²) in [7, 11) is 1.48. The molecule has 0 N–H and O–H groups in total. The molecule has 0 radical (unpaired) electrons. The lowest BCUT2D eigenvalue weighted by atomic mass is 10.1. The van der Waals surface area contributed by atoms with Crippen molar-refractivity contribution in [3.8, 4) is 11.5 Å². The highest BCUT2D eigenvalue weighted by molar-refractivity contribution is 5.98. The number of oxime groups is 1. The Balaban J connectivity index is 2.19. The highest BCUT2D eigenvalue weighted by Gasteiger charge is 2.28. The summed E-state index contributed by atoms with van der Waals surface area (Å²) in [6.07, 6.45) is -0.739. The Bertz CT molecular complexity index is 526. The van der Waals surface area contributed by atoms with E-state index in [4.69, 9.17) is 19.0 Å². The largest absolute Gasteiger partial charge is 0.485 e. The molecular formula is C14H17NO5. The second-order valence-corrected chi connectivity index (χ2v) is 4.19. The van der Waals surface area contributed by atoms with Gasteiger partial charge in [0.25, 0.3) is 0 Å². The Morgan fingerprint density at radius 2 is 2.25 bits per heavy atom. The summed E-state index contributed by atoms with van der Waals surface area (Å²) in [6.45, 7) is 4.03. The van der Waals surface area contributed by atoms with Crippen LogP contribution in [0.3, 0.4) is 0 Å². The van der Waals surface area contributed by atoms with Crippen LogP contribution in [0, 0.1) is 0 Å². The predicted octanol–water partition coefficient (Wildman–Crippen LogP) is 1.76. The lowest BCUT2D eigenvalue weighted by molar-refractivity contribution is -0.153. The SMILES string of the molecule is CCOC(=O)C1COc2ccc(/C(C)=N/OC)cc2O1. The molecule has 1 aromatic rings. The zero-order valence-corrected chi connectivity index (χ0v) is 11.7. The van der Waals surface area contributed by atoms with Crippen LogP contribution in [-0.4, -0.2) is 38.1 Å². The van der Waals surface area contributed by atoms with Crippen LogP contribution in [0.1, 0.15) is 19.4 Å². The molecule has 1 atom stereocenters. The zero-order chi connectivity index (χ0) is 14.5. The second kappa shape index (κ2) is 6.27. The van der Waals surface area contributed by atoms with E-state index in [2.05, 4.69) is 5.16 Å². The van der Waals surface area contributed by atoms with Gasteiger partial charge in [0.2, 0.25) is 6.10 Å². The molecule has 1 aliphatic heterocycles. The molecule has 1 unspecified atom stereocenters. The molecule has 0 aromatic heterocycles. The predicted molar refractivity (Wildman–Crippen MR) is 72.2 cm³/mol. The first-order chi connectivity index (χ1) is 9.65. The van der Waals surface area contributed by atoms with Crippen LogP contribution in [0.4, 0.5) is 0 Å². The van der Waals surface area contributed by atoms with Gasteiger partial charge in [-0.1, -0.05) is 5.16 Å². The number of fused-ring (bicyclic) bond motifs is 1. The van der Waals surface area contributed by atoms with Gasteiger partial charge in [0, 0.05) is 5.56 Å². The van der Waals surface area contributed by atoms with Crippen molar-refractivity contribution in [3.05, 3.63) is 23.8 Å². The van der Waals surface area contributed by atoms with Gasteiger partial charge < -0.3 is 19.0 Å². The second-order valence-electron chi connectivity index (χ2n) is 4.19. The maximum Gasteiger partial charge on any atom is 0.350 e. The highest BCUT2D eigenvalue weighted by atomic mass is 16.6. The van der Waals surface area contributed by atoms with Crippen molar-refractivity contribution < 1.29 is 23.8 Å². The summed E-state index contributed by atoms with van der Waals surface area (Å²) in [5.74, 6) is 0.669. The van der Waals surface area contributed by atoms with E-state index in [-0.39, 0.29) is 6.61 Å². The van der Waals surface area contributed by atoms with Gasteiger partial charge in [0.1, 0.15) is 13.7 Å². The molecule has 108 valence electrons. The smallest absolute Gasteiger partial charge is 0.350 e. The van der Waals surface area contributed by atoms with Crippen molar-refractivity contribution in [2.24, 2.45) is 5.16 Å². The standard InChI is InChI=1S/C14H17NO5/c1-4-18-14(16)13-8-19-11-6-5-10(7-12(11)20-13)9(2)15-17-3/h5-7,13H,4,8H2,1-3H3/b15-9+. The zero-order valence-electron chi connectivity index (χ0n) is 11.7. The van der Waals surface area contributed by atoms with Crippen LogP contribution in [0.25, 0.3) is 0 Å². The van der Waals surface area contributed by atoms with Gasteiger partial charge >= 0.3 is 5.97 Å². The van der Waals surface area contributed by atoms with Crippen molar-refractivity contribution in [1.29, 1.82) is 0 Å². The monoisotopic (exact) mass is 279 g/mol. The first-order valence-corrected chi connectivity index (χ1v) is 6.34. The van der Waals surface area contributed by atoms with Crippen LogP contribution in [0.5, 0.6) is 11.5 Å². The average molecular weight is 279 g/mol. The van der Waals surface area contributed by atoms with Crippen molar-refractivity contribution in [2.75, 3.05) is 20.3 Å². The molecule has 0 aliphatic carbocycles. The first kappa shape index (κ1) is 14.2. The molecule has 0 saturated carbocycles. The third kappa shape index (κ3) is 3.01. The number of nitrogens with zero attached hydrogens (tertiary/aromatic N) is 1. The van der Waals surface area contributed by atoms with E-state index in [1.165, 1.54) is 7.11 Å². The number of hydrogen-bond donors (Lipinski definition) is 0. The Labute approximate surface area is 117 Å². The summed E-state index contributed by atoms with van der Waals surface area (Å²) in [6, 6.07) is 5.39. The molecule has 0 spiro atoms. The molecular weight excluding hydrogens is 262 g/mol. The number of carbonyl (C=O) groups excluding carboxylic acids is 1. The molecule has 0 fully saturated rings. The molecule has 6 heteroatoms. The molecule has 20 heavy (non-hydrogen) atoms. The lowest BCUT2D eigenvalue weighted by Gasteiger charge is -2.25. The van der Waals surface area contributed by atoms with Crippen molar-refractivity contribution >= 4 is 11.7 Å². The maximum atomic E-state index is 11.7. The van der Waals surface area contributed by atoms with E-state index >= 15 is 0 Å². The molecule has 0 bridgehead atoms. The molecule has 2 rings (SSSR count). The minimum Gasteiger partial charge on any atom is -0.485 e. The summed E-state index contributed by atoms with van der Waals surface area (Å²) in [5, 5.41) is 3.86. The normalized spacial score (nSPS) is 17.6. The topological polar surface area (TPSA) is 66.4 Å². The van der Waals surface area contributed by atoms with Crippen molar-refractivity contribution in [2.45, 2.75) is 20.0 Å².